The molecule has 0 bridgehead atoms. The normalized spacial score (nSPS) is 13.8. The first-order chi connectivity index (χ1) is 18.4. The van der Waals surface area contributed by atoms with E-state index in [0.29, 0.717) is 58.2 Å². The Hall–Kier alpha value is -4.42. The number of carbonyl (C=O) groups is 1. The van der Waals surface area contributed by atoms with Crippen molar-refractivity contribution in [2.75, 3.05) is 39.7 Å². The number of nitriles is 1. The molecule has 0 saturated carbocycles. The lowest BCUT2D eigenvalue weighted by molar-refractivity contribution is 0.0827. The van der Waals surface area contributed by atoms with E-state index in [0.717, 1.165) is 19.0 Å². The molecule has 1 aliphatic heterocycles. The van der Waals surface area contributed by atoms with Crippen molar-refractivity contribution in [2.24, 2.45) is 0 Å². The summed E-state index contributed by atoms with van der Waals surface area (Å²) in [6.45, 7) is 1.36. The molecule has 1 aliphatic rings. The molecule has 1 amide bonds. The molecule has 0 unspecified atom stereocenters. The lowest BCUT2D eigenvalue weighted by atomic mass is 10.0. The number of anilines is 1. The zero-order chi connectivity index (χ0) is 26.8. The number of amides is 1. The van der Waals surface area contributed by atoms with Crippen molar-refractivity contribution in [3.8, 4) is 34.3 Å². The van der Waals surface area contributed by atoms with E-state index in [-0.39, 0.29) is 23.1 Å². The smallest absolute Gasteiger partial charge is 0.253 e. The van der Waals surface area contributed by atoms with Crippen LogP contribution in [0.5, 0.6) is 5.75 Å². The fourth-order valence-corrected chi connectivity index (χ4v) is 4.62. The topological polar surface area (TPSA) is 101 Å². The van der Waals surface area contributed by atoms with Gasteiger partial charge in [0.15, 0.2) is 11.4 Å². The van der Waals surface area contributed by atoms with Crippen LogP contribution in [0.25, 0.3) is 33.6 Å². The summed E-state index contributed by atoms with van der Waals surface area (Å²) < 4.78 is 32.3. The molecule has 2 aromatic carbocycles. The van der Waals surface area contributed by atoms with E-state index in [1.54, 1.807) is 56.6 Å². The number of fused-ring (bicyclic) bond motifs is 1. The number of nitrogens with one attached hydrogen (secondary N) is 1. The van der Waals surface area contributed by atoms with Gasteiger partial charge in [0.1, 0.15) is 23.1 Å². The Labute approximate surface area is 219 Å². The van der Waals surface area contributed by atoms with Gasteiger partial charge in [-0.2, -0.15) is 5.26 Å². The Kier molecular flexibility index (Phi) is 6.99. The molecular weight excluding hydrogens is 487 g/mol. The Morgan fingerprint density at radius 3 is 2.68 bits per heavy atom. The zero-order valence-corrected chi connectivity index (χ0v) is 21.4. The average molecular weight is 515 g/mol. The van der Waals surface area contributed by atoms with Crippen LogP contribution in [0, 0.1) is 17.1 Å². The van der Waals surface area contributed by atoms with Crippen LogP contribution in [0.15, 0.2) is 53.1 Å². The maximum absolute atomic E-state index is 15.2. The number of ether oxygens (including phenoxy) is 2. The average Bonchev–Trinajstić information content (AvgIpc) is 3.37. The summed E-state index contributed by atoms with van der Waals surface area (Å²) in [5, 5.41) is 13.2. The molecule has 1 fully saturated rings. The molecular formula is C29H27FN4O4. The molecule has 1 N–H and O–H groups in total. The lowest BCUT2D eigenvalue weighted by Gasteiger charge is -2.24. The third-order valence-corrected chi connectivity index (χ3v) is 6.63. The number of benzene rings is 2. The van der Waals surface area contributed by atoms with E-state index < -0.39 is 5.82 Å². The third-order valence-electron chi connectivity index (χ3n) is 6.63. The lowest BCUT2D eigenvalue weighted by Crippen LogP contribution is -2.28. The summed E-state index contributed by atoms with van der Waals surface area (Å²) >= 11 is 0. The molecule has 5 rings (SSSR count). The quantitative estimate of drug-likeness (QED) is 0.364. The summed E-state index contributed by atoms with van der Waals surface area (Å²) in [7, 11) is 4.86. The Balaban J connectivity index is 1.55. The number of methoxy groups -OCH3 is 1. The predicted octanol–water partition coefficient (Wildman–Crippen LogP) is 5.47. The highest BCUT2D eigenvalue weighted by atomic mass is 19.1. The number of nitrogens with zero attached hydrogens (tertiary/aromatic N) is 3. The summed E-state index contributed by atoms with van der Waals surface area (Å²) in [4.78, 5) is 18.1. The molecule has 194 valence electrons. The maximum atomic E-state index is 15.2. The van der Waals surface area contributed by atoms with Crippen LogP contribution in [0.3, 0.4) is 0 Å². The Morgan fingerprint density at radius 2 is 1.97 bits per heavy atom. The van der Waals surface area contributed by atoms with E-state index in [9.17, 15) is 10.1 Å². The highest BCUT2D eigenvalue weighted by Crippen LogP contribution is 2.39. The zero-order valence-electron chi connectivity index (χ0n) is 21.4. The number of halogens is 1. The molecule has 38 heavy (non-hydrogen) atoms. The molecule has 0 atom stereocenters. The Morgan fingerprint density at radius 1 is 1.18 bits per heavy atom. The van der Waals surface area contributed by atoms with Crippen molar-refractivity contribution in [2.45, 2.75) is 18.9 Å². The number of hydrogen-bond acceptors (Lipinski definition) is 7. The van der Waals surface area contributed by atoms with Gasteiger partial charge in [-0.1, -0.05) is 6.07 Å². The first-order valence-corrected chi connectivity index (χ1v) is 12.3. The molecule has 2 aromatic heterocycles. The van der Waals surface area contributed by atoms with Crippen LogP contribution in [-0.4, -0.2) is 56.3 Å². The molecule has 4 aromatic rings. The molecule has 8 nitrogen and oxygen atoms in total. The highest BCUT2D eigenvalue weighted by molar-refractivity contribution is 5.96. The minimum absolute atomic E-state index is 0.159. The molecule has 9 heteroatoms. The summed E-state index contributed by atoms with van der Waals surface area (Å²) in [6, 6.07) is 14.4. The number of aromatic nitrogens is 1. The second kappa shape index (κ2) is 10.5. The van der Waals surface area contributed by atoms with Crippen molar-refractivity contribution in [3.63, 3.8) is 0 Å². The van der Waals surface area contributed by atoms with Crippen LogP contribution >= 0.6 is 0 Å². The van der Waals surface area contributed by atoms with Crippen molar-refractivity contribution >= 4 is 22.7 Å². The number of hydrogen-bond donors (Lipinski definition) is 1. The number of rotatable bonds is 6. The predicted molar refractivity (Wildman–Crippen MR) is 142 cm³/mol. The Bertz CT molecular complexity index is 1550. The van der Waals surface area contributed by atoms with Gasteiger partial charge in [-0.05, 0) is 48.7 Å². The fourth-order valence-electron chi connectivity index (χ4n) is 4.62. The SMILES string of the molecule is COc1cc(C(=O)N(C)C)ccc1-c1cc2ncc(F)c(-c3ccc(NC4CCOCC4)c(C#N)c3)c2o1. The van der Waals surface area contributed by atoms with E-state index in [1.807, 2.05) is 0 Å². The fraction of sp³-hybridized carbons (Fsp3) is 0.276. The third kappa shape index (κ3) is 4.78. The minimum Gasteiger partial charge on any atom is -0.496 e. The van der Waals surface area contributed by atoms with Crippen LogP contribution in [0.4, 0.5) is 10.1 Å². The monoisotopic (exact) mass is 514 g/mol. The van der Waals surface area contributed by atoms with Crippen molar-refractivity contribution in [1.82, 2.24) is 9.88 Å². The first kappa shape index (κ1) is 25.2. The molecule has 1 saturated heterocycles. The van der Waals surface area contributed by atoms with Crippen LogP contribution in [-0.2, 0) is 4.74 Å². The van der Waals surface area contributed by atoms with Gasteiger partial charge in [0, 0.05) is 45.0 Å². The van der Waals surface area contributed by atoms with Crippen LogP contribution in [0.1, 0.15) is 28.8 Å². The van der Waals surface area contributed by atoms with Gasteiger partial charge in [0.25, 0.3) is 5.91 Å². The largest absolute Gasteiger partial charge is 0.496 e. The van der Waals surface area contributed by atoms with Gasteiger partial charge >= 0.3 is 0 Å². The number of carbonyl (C=O) groups excluding carboxylic acids is 1. The van der Waals surface area contributed by atoms with E-state index in [2.05, 4.69) is 16.4 Å². The summed E-state index contributed by atoms with van der Waals surface area (Å²) in [6.07, 6.45) is 2.86. The highest BCUT2D eigenvalue weighted by Gasteiger charge is 2.21. The minimum atomic E-state index is -0.564. The van der Waals surface area contributed by atoms with Crippen molar-refractivity contribution in [1.29, 1.82) is 5.26 Å². The standard InChI is InChI=1S/C29H27FN4O4/c1-34(2)29(35)18-4-6-21(25(13-18)36-3)26-14-24-28(38-26)27(22(30)16-32-24)17-5-7-23(19(12-17)15-31)33-20-8-10-37-11-9-20/h4-7,12-14,16,20,33H,8-11H2,1-3H3. The van der Waals surface area contributed by atoms with Crippen LogP contribution < -0.4 is 10.1 Å². The van der Waals surface area contributed by atoms with Crippen molar-refractivity contribution < 1.29 is 23.1 Å². The van der Waals surface area contributed by atoms with E-state index in [1.165, 1.54) is 12.0 Å². The first-order valence-electron chi connectivity index (χ1n) is 12.3. The molecule has 0 aliphatic carbocycles. The van der Waals surface area contributed by atoms with Gasteiger partial charge in [-0.15, -0.1) is 0 Å². The maximum Gasteiger partial charge on any atom is 0.253 e. The van der Waals surface area contributed by atoms with E-state index >= 15 is 4.39 Å². The number of pyridine rings is 1. The van der Waals surface area contributed by atoms with E-state index in [4.69, 9.17) is 13.9 Å². The van der Waals surface area contributed by atoms with Crippen LogP contribution in [0.2, 0.25) is 0 Å². The molecule has 0 spiro atoms. The van der Waals surface area contributed by atoms with Gasteiger partial charge in [0.2, 0.25) is 0 Å². The second-order valence-corrected chi connectivity index (χ2v) is 9.32. The van der Waals surface area contributed by atoms with Gasteiger partial charge < -0.3 is 24.1 Å². The molecule has 0 radical (unpaired) electrons. The van der Waals surface area contributed by atoms with Gasteiger partial charge in [0.05, 0.1) is 35.7 Å². The van der Waals surface area contributed by atoms with Crippen molar-refractivity contribution in [3.05, 3.63) is 65.6 Å². The summed E-state index contributed by atoms with van der Waals surface area (Å²) in [5.41, 5.74) is 3.60. The second-order valence-electron chi connectivity index (χ2n) is 9.32. The van der Waals surface area contributed by atoms with Gasteiger partial charge in [-0.3, -0.25) is 4.79 Å². The number of furan rings is 1. The molecule has 3 heterocycles. The summed E-state index contributed by atoms with van der Waals surface area (Å²) in [5.74, 6) is 0.132. The van der Waals surface area contributed by atoms with Gasteiger partial charge in [-0.25, -0.2) is 9.37 Å².